The molecule has 1 aromatic heterocycles. The van der Waals surface area contributed by atoms with E-state index in [1.807, 2.05) is 37.3 Å². The standard InChI is InChI=1S/C24H24N2O6/c1-14-9-16-13-31-24(11-18(16)17(10-14)15-5-3-2-4-6-15)19(12-27)32-22(21(24)29)26-8-7-20(28)25-23(26)30/h2-10,19,21-22,27,29H,11-13H2,1H3,(H,25,28,30)/t19-,21+,22-,24-/m1/s1. The van der Waals surface area contributed by atoms with Gasteiger partial charge in [0, 0.05) is 18.7 Å². The van der Waals surface area contributed by atoms with Crippen LogP contribution in [0, 0.1) is 6.92 Å². The fourth-order valence-corrected chi connectivity index (χ4v) is 4.87. The summed E-state index contributed by atoms with van der Waals surface area (Å²) in [6.45, 7) is 1.87. The molecule has 5 rings (SSSR count). The molecule has 0 amide bonds. The summed E-state index contributed by atoms with van der Waals surface area (Å²) >= 11 is 0. The molecule has 8 nitrogen and oxygen atoms in total. The largest absolute Gasteiger partial charge is 0.394 e. The van der Waals surface area contributed by atoms with Crippen molar-refractivity contribution < 1.29 is 19.7 Å². The summed E-state index contributed by atoms with van der Waals surface area (Å²) in [4.78, 5) is 26.0. The van der Waals surface area contributed by atoms with Gasteiger partial charge >= 0.3 is 5.69 Å². The summed E-state index contributed by atoms with van der Waals surface area (Å²) in [5.41, 5.74) is 2.72. The minimum atomic E-state index is -1.25. The molecule has 3 N–H and O–H groups in total. The lowest BCUT2D eigenvalue weighted by molar-refractivity contribution is -0.152. The van der Waals surface area contributed by atoms with Gasteiger partial charge in [0.2, 0.25) is 0 Å². The van der Waals surface area contributed by atoms with Gasteiger partial charge in [-0.05, 0) is 29.2 Å². The van der Waals surface area contributed by atoms with Crippen molar-refractivity contribution in [2.45, 2.75) is 44.0 Å². The third-order valence-corrected chi connectivity index (χ3v) is 6.43. The minimum absolute atomic E-state index is 0.237. The normalized spacial score (nSPS) is 26.9. The fraction of sp³-hybridized carbons (Fsp3) is 0.333. The van der Waals surface area contributed by atoms with E-state index in [1.54, 1.807) is 0 Å². The fourth-order valence-electron chi connectivity index (χ4n) is 4.87. The number of aryl methyl sites for hydroxylation is 1. The first kappa shape index (κ1) is 20.8. The number of aliphatic hydroxyl groups is 2. The Morgan fingerprint density at radius 2 is 1.97 bits per heavy atom. The molecular weight excluding hydrogens is 412 g/mol. The zero-order chi connectivity index (χ0) is 22.5. The first-order valence-corrected chi connectivity index (χ1v) is 10.5. The van der Waals surface area contributed by atoms with Crippen LogP contribution in [0.3, 0.4) is 0 Å². The lowest BCUT2D eigenvalue weighted by Gasteiger charge is -2.40. The monoisotopic (exact) mass is 436 g/mol. The molecule has 2 aliphatic rings. The van der Waals surface area contributed by atoms with Gasteiger partial charge in [-0.25, -0.2) is 4.79 Å². The van der Waals surface area contributed by atoms with Gasteiger partial charge < -0.3 is 19.7 Å². The van der Waals surface area contributed by atoms with Gasteiger partial charge in [-0.15, -0.1) is 0 Å². The number of hydrogen-bond donors (Lipinski definition) is 3. The highest BCUT2D eigenvalue weighted by molar-refractivity contribution is 5.70. The molecule has 32 heavy (non-hydrogen) atoms. The Labute approximate surface area is 183 Å². The number of benzene rings is 2. The van der Waals surface area contributed by atoms with Gasteiger partial charge in [-0.3, -0.25) is 14.3 Å². The molecule has 166 valence electrons. The second-order valence-corrected chi connectivity index (χ2v) is 8.40. The maximum atomic E-state index is 12.3. The van der Waals surface area contributed by atoms with E-state index in [2.05, 4.69) is 17.1 Å². The molecule has 0 radical (unpaired) electrons. The summed E-state index contributed by atoms with van der Waals surface area (Å²) in [5.74, 6) is 0. The number of hydrogen-bond acceptors (Lipinski definition) is 6. The van der Waals surface area contributed by atoms with E-state index < -0.39 is 41.9 Å². The van der Waals surface area contributed by atoms with Crippen LogP contribution < -0.4 is 11.2 Å². The molecule has 0 bridgehead atoms. The molecule has 1 spiro atoms. The summed E-state index contributed by atoms with van der Waals surface area (Å²) < 4.78 is 13.3. The predicted octanol–water partition coefficient (Wildman–Crippen LogP) is 1.27. The highest BCUT2D eigenvalue weighted by Gasteiger charge is 2.59. The molecule has 1 fully saturated rings. The van der Waals surface area contributed by atoms with Crippen molar-refractivity contribution in [2.75, 3.05) is 6.61 Å². The molecule has 2 aliphatic heterocycles. The maximum absolute atomic E-state index is 12.3. The average molecular weight is 436 g/mol. The highest BCUT2D eigenvalue weighted by atomic mass is 16.6. The highest BCUT2D eigenvalue weighted by Crippen LogP contribution is 2.46. The van der Waals surface area contributed by atoms with Gasteiger partial charge in [0.15, 0.2) is 6.23 Å². The quantitative estimate of drug-likeness (QED) is 0.570. The Morgan fingerprint density at radius 3 is 2.69 bits per heavy atom. The number of nitrogens with zero attached hydrogens (tertiary/aromatic N) is 1. The van der Waals surface area contributed by atoms with Crippen molar-refractivity contribution in [2.24, 2.45) is 0 Å². The van der Waals surface area contributed by atoms with Crippen LogP contribution in [0.5, 0.6) is 0 Å². The number of aromatic nitrogens is 2. The number of rotatable bonds is 3. The lowest BCUT2D eigenvalue weighted by Crippen LogP contribution is -2.55. The Balaban J connectivity index is 1.60. The Kier molecular flexibility index (Phi) is 5.10. The van der Waals surface area contributed by atoms with Crippen LogP contribution in [0.1, 0.15) is 22.9 Å². The van der Waals surface area contributed by atoms with Gasteiger partial charge in [0.25, 0.3) is 5.56 Å². The molecular formula is C24H24N2O6. The molecule has 8 heteroatoms. The maximum Gasteiger partial charge on any atom is 0.330 e. The second-order valence-electron chi connectivity index (χ2n) is 8.40. The Morgan fingerprint density at radius 1 is 1.19 bits per heavy atom. The third kappa shape index (κ3) is 3.23. The van der Waals surface area contributed by atoms with Crippen LogP contribution in [-0.2, 0) is 22.5 Å². The molecule has 4 atom stereocenters. The summed E-state index contributed by atoms with van der Waals surface area (Å²) in [6, 6.07) is 15.3. The van der Waals surface area contributed by atoms with Crippen LogP contribution in [0.4, 0.5) is 0 Å². The number of aliphatic hydroxyl groups excluding tert-OH is 2. The molecule has 1 saturated heterocycles. The number of ether oxygens (including phenoxy) is 2. The summed E-state index contributed by atoms with van der Waals surface area (Å²) in [5, 5.41) is 21.4. The van der Waals surface area contributed by atoms with Crippen molar-refractivity contribution in [3.8, 4) is 11.1 Å². The van der Waals surface area contributed by atoms with Crippen molar-refractivity contribution in [1.82, 2.24) is 9.55 Å². The first-order valence-electron chi connectivity index (χ1n) is 10.5. The zero-order valence-corrected chi connectivity index (χ0v) is 17.5. The summed E-state index contributed by atoms with van der Waals surface area (Å²) in [7, 11) is 0. The third-order valence-electron chi connectivity index (χ3n) is 6.43. The molecule has 0 unspecified atom stereocenters. The number of H-pyrrole nitrogens is 1. The Hall–Kier alpha value is -3.04. The molecule has 0 saturated carbocycles. The molecule has 0 aliphatic carbocycles. The van der Waals surface area contributed by atoms with Crippen molar-refractivity contribution >= 4 is 0 Å². The van der Waals surface area contributed by atoms with Gasteiger partial charge in [0.05, 0.1) is 13.2 Å². The average Bonchev–Trinajstić information content (AvgIpc) is 3.05. The van der Waals surface area contributed by atoms with Crippen LogP contribution in [0.25, 0.3) is 11.1 Å². The number of aromatic amines is 1. The lowest BCUT2D eigenvalue weighted by atomic mass is 9.78. The van der Waals surface area contributed by atoms with E-state index in [-0.39, 0.29) is 6.61 Å². The van der Waals surface area contributed by atoms with E-state index in [1.165, 1.54) is 12.3 Å². The topological polar surface area (TPSA) is 114 Å². The molecule has 2 aromatic carbocycles. The van der Waals surface area contributed by atoms with E-state index >= 15 is 0 Å². The van der Waals surface area contributed by atoms with Crippen LogP contribution in [-0.4, -0.2) is 44.2 Å². The SMILES string of the molecule is Cc1cc2c(c(-c3ccccc3)c1)C[C@@]1(OC2)[C@@H](CO)O[C@@H](n2ccc(=O)[nH]c2=O)[C@@H]1O. The Bertz CT molecular complexity index is 1270. The smallest absolute Gasteiger partial charge is 0.330 e. The van der Waals surface area contributed by atoms with Crippen LogP contribution in [0.2, 0.25) is 0 Å². The van der Waals surface area contributed by atoms with E-state index in [4.69, 9.17) is 9.47 Å². The van der Waals surface area contributed by atoms with Crippen molar-refractivity contribution in [1.29, 1.82) is 0 Å². The van der Waals surface area contributed by atoms with Crippen LogP contribution >= 0.6 is 0 Å². The molecule has 3 heterocycles. The summed E-state index contributed by atoms with van der Waals surface area (Å²) in [6.07, 6.45) is -1.64. The van der Waals surface area contributed by atoms with Crippen molar-refractivity contribution in [3.63, 3.8) is 0 Å². The van der Waals surface area contributed by atoms with Crippen molar-refractivity contribution in [3.05, 3.63) is 92.3 Å². The molecule has 3 aromatic rings. The van der Waals surface area contributed by atoms with Gasteiger partial charge in [-0.2, -0.15) is 0 Å². The second kappa shape index (κ2) is 7.83. The van der Waals surface area contributed by atoms with Gasteiger partial charge in [0.1, 0.15) is 17.8 Å². The first-order chi connectivity index (χ1) is 15.4. The van der Waals surface area contributed by atoms with Crippen LogP contribution in [0.15, 0.2) is 64.3 Å². The van der Waals surface area contributed by atoms with E-state index in [0.29, 0.717) is 6.42 Å². The van der Waals surface area contributed by atoms with E-state index in [0.717, 1.165) is 32.4 Å². The zero-order valence-electron chi connectivity index (χ0n) is 17.5. The van der Waals surface area contributed by atoms with E-state index in [9.17, 15) is 19.8 Å². The predicted molar refractivity (Wildman–Crippen MR) is 116 cm³/mol. The minimum Gasteiger partial charge on any atom is -0.394 e. The van der Waals surface area contributed by atoms with Gasteiger partial charge in [-0.1, -0.05) is 48.0 Å². The number of nitrogens with one attached hydrogen (secondary N) is 1. The number of fused-ring (bicyclic) bond motifs is 1.